The monoisotopic (exact) mass is 290 g/mol. The molecule has 0 amide bonds. The molecule has 1 aliphatic heterocycles. The molecule has 2 rings (SSSR count). The Hall–Kier alpha value is -1.39. The van der Waals surface area contributed by atoms with E-state index in [9.17, 15) is 4.79 Å². The van der Waals surface area contributed by atoms with Gasteiger partial charge in [-0.25, -0.2) is 0 Å². The minimum absolute atomic E-state index is 0.393. The van der Waals surface area contributed by atoms with Crippen LogP contribution in [-0.4, -0.2) is 59.6 Å². The fraction of sp³-hybridized carbons (Fsp3) is 0.588. The molecule has 0 aromatic heterocycles. The molecule has 1 N–H and O–H groups in total. The molecule has 0 saturated carbocycles. The number of carboxylic acid groups (broad SMARTS) is 1. The second kappa shape index (κ2) is 7.57. The lowest BCUT2D eigenvalue weighted by molar-refractivity contribution is -0.143. The molecule has 1 fully saturated rings. The van der Waals surface area contributed by atoms with Crippen LogP contribution in [0.3, 0.4) is 0 Å². The molecule has 1 heterocycles. The first kappa shape index (κ1) is 16.0. The Balaban J connectivity index is 1.74. The smallest absolute Gasteiger partial charge is 0.320 e. The second-order valence-corrected chi connectivity index (χ2v) is 5.99. The number of aliphatic carboxylic acids is 1. The maximum atomic E-state index is 11.1. The predicted molar refractivity (Wildman–Crippen MR) is 84.5 cm³/mol. The third kappa shape index (κ3) is 4.55. The van der Waals surface area contributed by atoms with Gasteiger partial charge in [-0.05, 0) is 51.9 Å². The van der Waals surface area contributed by atoms with Gasteiger partial charge in [0.25, 0.3) is 0 Å². The van der Waals surface area contributed by atoms with Crippen LogP contribution in [0.25, 0.3) is 0 Å². The molecule has 1 saturated heterocycles. The summed E-state index contributed by atoms with van der Waals surface area (Å²) in [5, 5.41) is 9.09. The summed E-state index contributed by atoms with van der Waals surface area (Å²) in [5.74, 6) is -0.732. The van der Waals surface area contributed by atoms with Crippen LogP contribution in [-0.2, 0) is 11.2 Å². The Morgan fingerprint density at radius 1 is 1.33 bits per heavy atom. The maximum Gasteiger partial charge on any atom is 0.320 e. The number of hydrogen-bond donors (Lipinski definition) is 1. The summed E-state index contributed by atoms with van der Waals surface area (Å²) < 4.78 is 0. The number of piperidine rings is 1. The number of carbonyl (C=O) groups is 1. The molecule has 0 spiro atoms. The van der Waals surface area contributed by atoms with E-state index in [1.165, 1.54) is 5.56 Å². The molecule has 0 bridgehead atoms. The van der Waals surface area contributed by atoms with Crippen LogP contribution in [0.15, 0.2) is 30.3 Å². The van der Waals surface area contributed by atoms with Crippen LogP contribution in [0.5, 0.6) is 0 Å². The molecule has 116 valence electrons. The van der Waals surface area contributed by atoms with Crippen LogP contribution in [0.4, 0.5) is 0 Å². The fourth-order valence-corrected chi connectivity index (χ4v) is 2.97. The standard InChI is InChI=1S/C17H26N2O2/c1-14(17(20)21)18(2)16-9-12-19(13-10-16)11-8-15-6-4-3-5-7-15/h3-7,14,16H,8-13H2,1-2H3,(H,20,21). The Morgan fingerprint density at radius 3 is 2.52 bits per heavy atom. The molecular weight excluding hydrogens is 264 g/mol. The average Bonchev–Trinajstić information content (AvgIpc) is 2.53. The molecule has 0 radical (unpaired) electrons. The van der Waals surface area contributed by atoms with Crippen LogP contribution in [0.2, 0.25) is 0 Å². The van der Waals surface area contributed by atoms with E-state index in [4.69, 9.17) is 5.11 Å². The summed E-state index contributed by atoms with van der Waals surface area (Å²) in [7, 11) is 1.93. The zero-order chi connectivity index (χ0) is 15.2. The molecule has 1 aromatic rings. The number of nitrogens with zero attached hydrogens (tertiary/aromatic N) is 2. The molecule has 1 unspecified atom stereocenters. The van der Waals surface area contributed by atoms with Crippen molar-refractivity contribution in [2.75, 3.05) is 26.7 Å². The van der Waals surface area contributed by atoms with Gasteiger partial charge in [0.2, 0.25) is 0 Å². The highest BCUT2D eigenvalue weighted by atomic mass is 16.4. The number of likely N-dealkylation sites (tertiary alicyclic amines) is 1. The van der Waals surface area contributed by atoms with E-state index < -0.39 is 12.0 Å². The Labute approximate surface area is 127 Å². The topological polar surface area (TPSA) is 43.8 Å². The Morgan fingerprint density at radius 2 is 1.95 bits per heavy atom. The SMILES string of the molecule is CC(C(=O)O)N(C)C1CCN(CCc2ccccc2)CC1. The van der Waals surface area contributed by atoms with Crippen LogP contribution in [0.1, 0.15) is 25.3 Å². The number of likely N-dealkylation sites (N-methyl/N-ethyl adjacent to an activating group) is 1. The zero-order valence-corrected chi connectivity index (χ0v) is 13.0. The van der Waals surface area contributed by atoms with Gasteiger partial charge in [-0.15, -0.1) is 0 Å². The van der Waals surface area contributed by atoms with Crippen LogP contribution >= 0.6 is 0 Å². The van der Waals surface area contributed by atoms with Crippen molar-refractivity contribution in [2.24, 2.45) is 0 Å². The average molecular weight is 290 g/mol. The third-order valence-corrected chi connectivity index (χ3v) is 4.66. The van der Waals surface area contributed by atoms with Crippen molar-refractivity contribution >= 4 is 5.97 Å². The minimum Gasteiger partial charge on any atom is -0.480 e. The van der Waals surface area contributed by atoms with Crippen molar-refractivity contribution in [3.05, 3.63) is 35.9 Å². The quantitative estimate of drug-likeness (QED) is 0.871. The lowest BCUT2D eigenvalue weighted by atomic mass is 10.0. The van der Waals surface area contributed by atoms with E-state index in [0.29, 0.717) is 6.04 Å². The predicted octanol–water partition coefficient (Wildman–Crippen LogP) is 2.10. The van der Waals surface area contributed by atoms with Crippen LogP contribution < -0.4 is 0 Å². The fourth-order valence-electron chi connectivity index (χ4n) is 2.97. The summed E-state index contributed by atoms with van der Waals surface area (Å²) in [5.41, 5.74) is 1.39. The normalized spacial score (nSPS) is 18.8. The van der Waals surface area contributed by atoms with E-state index in [-0.39, 0.29) is 0 Å². The molecule has 4 heteroatoms. The number of carboxylic acids is 1. The second-order valence-electron chi connectivity index (χ2n) is 5.99. The van der Waals surface area contributed by atoms with Crippen LogP contribution in [0, 0.1) is 0 Å². The summed E-state index contributed by atoms with van der Waals surface area (Å²) in [6, 6.07) is 10.6. The highest BCUT2D eigenvalue weighted by Gasteiger charge is 2.27. The third-order valence-electron chi connectivity index (χ3n) is 4.66. The lowest BCUT2D eigenvalue weighted by Crippen LogP contribution is -2.48. The van der Waals surface area contributed by atoms with Gasteiger partial charge in [0.15, 0.2) is 0 Å². The summed E-state index contributed by atoms with van der Waals surface area (Å²) in [4.78, 5) is 15.6. The van der Waals surface area contributed by atoms with Gasteiger partial charge in [-0.2, -0.15) is 0 Å². The molecule has 0 aliphatic carbocycles. The first-order chi connectivity index (χ1) is 10.1. The maximum absolute atomic E-state index is 11.1. The summed E-state index contributed by atoms with van der Waals surface area (Å²) in [6.07, 6.45) is 3.21. The summed E-state index contributed by atoms with van der Waals surface area (Å²) in [6.45, 7) is 4.99. The molecule has 4 nitrogen and oxygen atoms in total. The van der Waals surface area contributed by atoms with Crippen molar-refractivity contribution in [3.8, 4) is 0 Å². The van der Waals surface area contributed by atoms with Gasteiger partial charge in [0.05, 0.1) is 0 Å². The highest BCUT2D eigenvalue weighted by Crippen LogP contribution is 2.18. The van der Waals surface area contributed by atoms with E-state index >= 15 is 0 Å². The summed E-state index contributed by atoms with van der Waals surface area (Å²) >= 11 is 0. The Bertz CT molecular complexity index is 441. The van der Waals surface area contributed by atoms with E-state index in [0.717, 1.165) is 38.9 Å². The van der Waals surface area contributed by atoms with E-state index in [2.05, 4.69) is 35.2 Å². The van der Waals surface area contributed by atoms with Gasteiger partial charge in [0, 0.05) is 12.6 Å². The van der Waals surface area contributed by atoms with E-state index in [1.54, 1.807) is 6.92 Å². The number of benzene rings is 1. The van der Waals surface area contributed by atoms with Gasteiger partial charge in [0.1, 0.15) is 6.04 Å². The largest absolute Gasteiger partial charge is 0.480 e. The Kier molecular flexibility index (Phi) is 5.76. The van der Waals surface area contributed by atoms with Crippen molar-refractivity contribution in [2.45, 2.75) is 38.3 Å². The van der Waals surface area contributed by atoms with Crippen molar-refractivity contribution in [1.29, 1.82) is 0 Å². The lowest BCUT2D eigenvalue weighted by Gasteiger charge is -2.38. The van der Waals surface area contributed by atoms with E-state index in [1.807, 2.05) is 11.9 Å². The number of rotatable bonds is 6. The van der Waals surface area contributed by atoms with Crippen molar-refractivity contribution in [1.82, 2.24) is 9.80 Å². The van der Waals surface area contributed by atoms with Crippen molar-refractivity contribution < 1.29 is 9.90 Å². The minimum atomic E-state index is -0.732. The first-order valence-corrected chi connectivity index (χ1v) is 7.79. The van der Waals surface area contributed by atoms with Gasteiger partial charge < -0.3 is 10.0 Å². The molecule has 1 aliphatic rings. The van der Waals surface area contributed by atoms with Gasteiger partial charge in [-0.3, -0.25) is 9.69 Å². The first-order valence-electron chi connectivity index (χ1n) is 7.79. The molecular formula is C17H26N2O2. The van der Waals surface area contributed by atoms with Gasteiger partial charge >= 0.3 is 5.97 Å². The molecule has 1 atom stereocenters. The molecule has 21 heavy (non-hydrogen) atoms. The highest BCUT2D eigenvalue weighted by molar-refractivity contribution is 5.72. The molecule has 1 aromatic carbocycles. The van der Waals surface area contributed by atoms with Crippen molar-refractivity contribution in [3.63, 3.8) is 0 Å². The van der Waals surface area contributed by atoms with Gasteiger partial charge in [-0.1, -0.05) is 30.3 Å². The zero-order valence-electron chi connectivity index (χ0n) is 13.0. The number of hydrogen-bond acceptors (Lipinski definition) is 3.